The molecular weight excluding hydrogens is 538 g/mol. The quantitative estimate of drug-likeness (QED) is 0.160. The summed E-state index contributed by atoms with van der Waals surface area (Å²) in [6.07, 6.45) is 3.28. The number of carbonyl (C=O) groups excluding carboxylic acids is 1. The average molecular weight is 580 g/mol. The van der Waals surface area contributed by atoms with Gasteiger partial charge in [0.25, 0.3) is 0 Å². The summed E-state index contributed by atoms with van der Waals surface area (Å²) in [6, 6.07) is 28.1. The van der Waals surface area contributed by atoms with E-state index in [0.29, 0.717) is 24.7 Å². The zero-order valence-corrected chi connectivity index (χ0v) is 25.1. The summed E-state index contributed by atoms with van der Waals surface area (Å²) in [4.78, 5) is 21.2. The molecule has 0 spiro atoms. The van der Waals surface area contributed by atoms with Crippen LogP contribution in [0.3, 0.4) is 0 Å². The van der Waals surface area contributed by atoms with Gasteiger partial charge in [0.15, 0.2) is 0 Å². The van der Waals surface area contributed by atoms with Crippen LogP contribution in [0.15, 0.2) is 91.3 Å². The lowest BCUT2D eigenvalue weighted by Gasteiger charge is -2.27. The number of rotatable bonds is 14. The lowest BCUT2D eigenvalue weighted by atomic mass is 9.96. The van der Waals surface area contributed by atoms with Gasteiger partial charge in [-0.15, -0.1) is 0 Å². The molecule has 1 saturated carbocycles. The van der Waals surface area contributed by atoms with Crippen molar-refractivity contribution in [3.63, 3.8) is 0 Å². The average Bonchev–Trinajstić information content (AvgIpc) is 3.82. The number of hydrogen-bond acceptors (Lipinski definition) is 7. The first-order valence-electron chi connectivity index (χ1n) is 14.9. The van der Waals surface area contributed by atoms with Crippen LogP contribution in [0, 0.1) is 0 Å². The summed E-state index contributed by atoms with van der Waals surface area (Å²) in [5, 5.41) is 21.2. The second-order valence-corrected chi connectivity index (χ2v) is 11.6. The van der Waals surface area contributed by atoms with Crippen LogP contribution >= 0.6 is 0 Å². The molecule has 0 aliphatic heterocycles. The minimum Gasteiger partial charge on any atom is -0.390 e. The van der Waals surface area contributed by atoms with E-state index in [4.69, 9.17) is 4.74 Å². The number of anilines is 2. The molecule has 2 atom stereocenters. The van der Waals surface area contributed by atoms with E-state index in [1.54, 1.807) is 6.33 Å². The largest absolute Gasteiger partial charge is 0.390 e. The second kappa shape index (κ2) is 13.9. The molecule has 224 valence electrons. The molecule has 8 heteroatoms. The highest BCUT2D eigenvalue weighted by Crippen LogP contribution is 2.46. The van der Waals surface area contributed by atoms with Crippen LogP contribution in [-0.4, -0.2) is 53.4 Å². The van der Waals surface area contributed by atoms with Crippen molar-refractivity contribution < 1.29 is 14.6 Å². The van der Waals surface area contributed by atoms with Gasteiger partial charge < -0.3 is 25.8 Å². The molecule has 1 aromatic heterocycles. The fourth-order valence-electron chi connectivity index (χ4n) is 5.31. The number of carbonyl (C=O) groups is 1. The lowest BCUT2D eigenvalue weighted by molar-refractivity contribution is -0.126. The molecule has 0 unspecified atom stereocenters. The number of aromatic nitrogens is 2. The Labute approximate surface area is 253 Å². The number of aliphatic hydroxyl groups is 1. The standard InChI is InChI=1S/C35H41N5O3/c1-24(2)27-10-7-11-28(19-27)35(16-17-35)38-21-32(41)31(40-34(42)22-43-3)18-25-12-14-29(15-13-25)39-33-20-30(36-23-37-33)26-8-5-4-6-9-26/h4-15,19-20,23-24,31-32,38,41H,16-18,21-22H2,1-3H3,(H,40,42)(H,36,37,39)/t31-,32-/m0/s1. The van der Waals surface area contributed by atoms with Crippen molar-refractivity contribution in [3.8, 4) is 11.3 Å². The number of ether oxygens (including phenoxy) is 1. The molecule has 5 rings (SSSR count). The monoisotopic (exact) mass is 579 g/mol. The first kappa shape index (κ1) is 30.4. The van der Waals surface area contributed by atoms with Crippen molar-refractivity contribution in [2.75, 3.05) is 25.6 Å². The minimum atomic E-state index is -0.790. The first-order valence-corrected chi connectivity index (χ1v) is 14.9. The van der Waals surface area contributed by atoms with Gasteiger partial charge in [0, 0.05) is 36.5 Å². The van der Waals surface area contributed by atoms with Gasteiger partial charge in [0.05, 0.1) is 17.8 Å². The number of amides is 1. The molecule has 1 aliphatic carbocycles. The van der Waals surface area contributed by atoms with Gasteiger partial charge >= 0.3 is 0 Å². The maximum Gasteiger partial charge on any atom is 0.246 e. The Morgan fingerprint density at radius 3 is 2.44 bits per heavy atom. The van der Waals surface area contributed by atoms with Gasteiger partial charge in [-0.25, -0.2) is 9.97 Å². The van der Waals surface area contributed by atoms with Gasteiger partial charge in [-0.2, -0.15) is 0 Å². The number of nitrogens with one attached hydrogen (secondary N) is 3. The van der Waals surface area contributed by atoms with Crippen LogP contribution < -0.4 is 16.0 Å². The molecule has 4 N–H and O–H groups in total. The topological polar surface area (TPSA) is 108 Å². The number of nitrogens with zero attached hydrogens (tertiary/aromatic N) is 2. The lowest BCUT2D eigenvalue weighted by Crippen LogP contribution is -2.50. The van der Waals surface area contributed by atoms with E-state index in [0.717, 1.165) is 35.3 Å². The molecule has 1 heterocycles. The van der Waals surface area contributed by atoms with Gasteiger partial charge in [0.2, 0.25) is 5.91 Å². The number of methoxy groups -OCH3 is 1. The molecule has 3 aromatic carbocycles. The fraction of sp³-hybridized carbons (Fsp3) is 0.343. The smallest absolute Gasteiger partial charge is 0.246 e. The summed E-state index contributed by atoms with van der Waals surface area (Å²) in [5.41, 5.74) is 6.18. The summed E-state index contributed by atoms with van der Waals surface area (Å²) in [7, 11) is 1.49. The van der Waals surface area contributed by atoms with Gasteiger partial charge in [-0.3, -0.25) is 4.79 Å². The van der Waals surface area contributed by atoms with Crippen LogP contribution in [0.5, 0.6) is 0 Å². The molecular formula is C35H41N5O3. The zero-order valence-electron chi connectivity index (χ0n) is 25.1. The van der Waals surface area contributed by atoms with Crippen LogP contribution in [0.4, 0.5) is 11.5 Å². The molecule has 8 nitrogen and oxygen atoms in total. The highest BCUT2D eigenvalue weighted by molar-refractivity contribution is 5.77. The zero-order chi connectivity index (χ0) is 30.2. The third kappa shape index (κ3) is 8.04. The Hall–Kier alpha value is -4.11. The van der Waals surface area contributed by atoms with Crippen molar-refractivity contribution in [2.24, 2.45) is 0 Å². The van der Waals surface area contributed by atoms with Crippen molar-refractivity contribution >= 4 is 17.4 Å². The SMILES string of the molecule is COCC(=O)N[C@@H](Cc1ccc(Nc2cc(-c3ccccc3)ncn2)cc1)[C@@H](O)CNC1(c2cccc(C(C)C)c2)CC1. The van der Waals surface area contributed by atoms with E-state index in [1.807, 2.05) is 60.7 Å². The molecule has 0 bridgehead atoms. The van der Waals surface area contributed by atoms with E-state index in [-0.39, 0.29) is 18.1 Å². The maximum absolute atomic E-state index is 12.5. The van der Waals surface area contributed by atoms with E-state index >= 15 is 0 Å². The van der Waals surface area contributed by atoms with Gasteiger partial charge in [-0.1, -0.05) is 80.6 Å². The fourth-order valence-corrected chi connectivity index (χ4v) is 5.31. The third-order valence-electron chi connectivity index (χ3n) is 8.01. The maximum atomic E-state index is 12.5. The highest BCUT2D eigenvalue weighted by Gasteiger charge is 2.44. The minimum absolute atomic E-state index is 0.0602. The van der Waals surface area contributed by atoms with Crippen LogP contribution in [-0.2, 0) is 21.5 Å². The van der Waals surface area contributed by atoms with E-state index in [2.05, 4.69) is 64.0 Å². The van der Waals surface area contributed by atoms with Crippen LogP contribution in [0.25, 0.3) is 11.3 Å². The van der Waals surface area contributed by atoms with Crippen LogP contribution in [0.2, 0.25) is 0 Å². The normalized spacial score (nSPS) is 15.1. The van der Waals surface area contributed by atoms with Crippen molar-refractivity contribution in [3.05, 3.63) is 108 Å². The number of hydrogen-bond donors (Lipinski definition) is 4. The van der Waals surface area contributed by atoms with E-state index < -0.39 is 12.1 Å². The van der Waals surface area contributed by atoms with Crippen molar-refractivity contribution in [1.29, 1.82) is 0 Å². The molecule has 0 radical (unpaired) electrons. The Morgan fingerprint density at radius 1 is 0.977 bits per heavy atom. The Kier molecular flexibility index (Phi) is 9.82. The van der Waals surface area contributed by atoms with Gasteiger partial charge in [-0.05, 0) is 54.0 Å². The Morgan fingerprint density at radius 2 is 1.74 bits per heavy atom. The molecule has 4 aromatic rings. The second-order valence-electron chi connectivity index (χ2n) is 11.6. The van der Waals surface area contributed by atoms with Crippen molar-refractivity contribution in [2.45, 2.75) is 56.7 Å². The summed E-state index contributed by atoms with van der Waals surface area (Å²) < 4.78 is 5.03. The van der Waals surface area contributed by atoms with Crippen molar-refractivity contribution in [1.82, 2.24) is 20.6 Å². The highest BCUT2D eigenvalue weighted by atomic mass is 16.5. The third-order valence-corrected chi connectivity index (χ3v) is 8.01. The van der Waals surface area contributed by atoms with Gasteiger partial charge in [0.1, 0.15) is 18.8 Å². The number of benzene rings is 3. The molecule has 1 fully saturated rings. The molecule has 1 amide bonds. The predicted molar refractivity (Wildman–Crippen MR) is 170 cm³/mol. The Balaban J connectivity index is 1.23. The predicted octanol–water partition coefficient (Wildman–Crippen LogP) is 5.32. The summed E-state index contributed by atoms with van der Waals surface area (Å²) in [5.74, 6) is 0.894. The Bertz CT molecular complexity index is 1490. The summed E-state index contributed by atoms with van der Waals surface area (Å²) >= 11 is 0. The first-order chi connectivity index (χ1) is 20.8. The molecule has 43 heavy (non-hydrogen) atoms. The van der Waals surface area contributed by atoms with E-state index in [1.165, 1.54) is 18.2 Å². The number of aliphatic hydroxyl groups excluding tert-OH is 1. The molecule has 0 saturated heterocycles. The molecule has 1 aliphatic rings. The summed E-state index contributed by atoms with van der Waals surface area (Å²) in [6.45, 7) is 4.70. The van der Waals surface area contributed by atoms with Crippen LogP contribution in [0.1, 0.15) is 49.3 Å². The van der Waals surface area contributed by atoms with E-state index in [9.17, 15) is 9.90 Å².